The summed E-state index contributed by atoms with van der Waals surface area (Å²) in [6.07, 6.45) is 1.11. The molecule has 0 heterocycles. The largest absolute Gasteiger partial charge is 0.368 e. The molecule has 2 amide bonds. The SMILES string of the molecule is CN[C@@H](Cc1ccccc1)C(=O)N[C@@H](CC(C)C)C(N)=O. The van der Waals surface area contributed by atoms with Gasteiger partial charge in [-0.05, 0) is 31.4 Å². The summed E-state index contributed by atoms with van der Waals surface area (Å²) < 4.78 is 0. The van der Waals surface area contributed by atoms with E-state index in [1.165, 1.54) is 0 Å². The van der Waals surface area contributed by atoms with Gasteiger partial charge in [0.25, 0.3) is 0 Å². The zero-order valence-electron chi connectivity index (χ0n) is 12.9. The predicted octanol–water partition coefficient (Wildman–Crippen LogP) is 0.833. The van der Waals surface area contributed by atoms with Crippen molar-refractivity contribution in [3.8, 4) is 0 Å². The quantitative estimate of drug-likeness (QED) is 0.663. The summed E-state index contributed by atoms with van der Waals surface area (Å²) in [5.41, 5.74) is 6.41. The molecule has 2 atom stereocenters. The molecular formula is C16H25N3O2. The minimum atomic E-state index is -0.621. The van der Waals surface area contributed by atoms with E-state index in [2.05, 4.69) is 10.6 Å². The van der Waals surface area contributed by atoms with Gasteiger partial charge in [0.15, 0.2) is 0 Å². The molecule has 5 heteroatoms. The van der Waals surface area contributed by atoms with Crippen LogP contribution < -0.4 is 16.4 Å². The highest BCUT2D eigenvalue weighted by Crippen LogP contribution is 2.07. The van der Waals surface area contributed by atoms with Crippen molar-refractivity contribution in [1.29, 1.82) is 0 Å². The molecule has 1 rings (SSSR count). The molecule has 0 radical (unpaired) electrons. The maximum Gasteiger partial charge on any atom is 0.240 e. The zero-order valence-corrected chi connectivity index (χ0v) is 12.9. The number of hydrogen-bond acceptors (Lipinski definition) is 3. The molecular weight excluding hydrogens is 266 g/mol. The van der Waals surface area contributed by atoms with Gasteiger partial charge in [-0.3, -0.25) is 9.59 Å². The molecule has 0 aliphatic rings. The van der Waals surface area contributed by atoms with Gasteiger partial charge >= 0.3 is 0 Å². The van der Waals surface area contributed by atoms with Gasteiger partial charge in [0.1, 0.15) is 6.04 Å². The highest BCUT2D eigenvalue weighted by Gasteiger charge is 2.24. The van der Waals surface area contributed by atoms with Crippen LogP contribution >= 0.6 is 0 Å². The van der Waals surface area contributed by atoms with Crippen LogP contribution in [0.25, 0.3) is 0 Å². The third-order valence-corrected chi connectivity index (χ3v) is 3.31. The Labute approximate surface area is 126 Å². The van der Waals surface area contributed by atoms with Crippen molar-refractivity contribution in [2.75, 3.05) is 7.05 Å². The van der Waals surface area contributed by atoms with Gasteiger partial charge in [0.05, 0.1) is 6.04 Å². The molecule has 116 valence electrons. The van der Waals surface area contributed by atoms with E-state index in [0.29, 0.717) is 12.8 Å². The maximum atomic E-state index is 12.3. The molecule has 1 aromatic carbocycles. The van der Waals surface area contributed by atoms with Crippen LogP contribution in [-0.2, 0) is 16.0 Å². The lowest BCUT2D eigenvalue weighted by Gasteiger charge is -2.21. The first-order chi connectivity index (χ1) is 9.93. The number of benzene rings is 1. The number of rotatable bonds is 8. The third-order valence-electron chi connectivity index (χ3n) is 3.31. The summed E-state index contributed by atoms with van der Waals surface area (Å²) in [7, 11) is 1.73. The summed E-state index contributed by atoms with van der Waals surface area (Å²) in [5.74, 6) is -0.414. The number of primary amides is 1. The van der Waals surface area contributed by atoms with Crippen LogP contribution in [0.1, 0.15) is 25.8 Å². The summed E-state index contributed by atoms with van der Waals surface area (Å²) in [6.45, 7) is 3.98. The fourth-order valence-corrected chi connectivity index (χ4v) is 2.17. The Morgan fingerprint density at radius 2 is 1.76 bits per heavy atom. The van der Waals surface area contributed by atoms with Crippen molar-refractivity contribution >= 4 is 11.8 Å². The Balaban J connectivity index is 2.67. The van der Waals surface area contributed by atoms with E-state index >= 15 is 0 Å². The van der Waals surface area contributed by atoms with Crippen LogP contribution in [0.5, 0.6) is 0 Å². The van der Waals surface area contributed by atoms with E-state index in [-0.39, 0.29) is 17.9 Å². The minimum absolute atomic E-state index is 0.203. The molecule has 0 saturated heterocycles. The second-order valence-corrected chi connectivity index (χ2v) is 5.62. The fraction of sp³-hybridized carbons (Fsp3) is 0.500. The zero-order chi connectivity index (χ0) is 15.8. The van der Waals surface area contributed by atoms with Crippen molar-refractivity contribution in [2.24, 2.45) is 11.7 Å². The van der Waals surface area contributed by atoms with Gasteiger partial charge in [-0.2, -0.15) is 0 Å². The molecule has 0 saturated carbocycles. The van der Waals surface area contributed by atoms with Crippen LogP contribution in [0.4, 0.5) is 0 Å². The van der Waals surface area contributed by atoms with Crippen molar-refractivity contribution in [1.82, 2.24) is 10.6 Å². The number of nitrogens with one attached hydrogen (secondary N) is 2. The number of hydrogen-bond donors (Lipinski definition) is 3. The maximum absolute atomic E-state index is 12.3. The number of carbonyl (C=O) groups is 2. The van der Waals surface area contributed by atoms with Crippen molar-refractivity contribution in [3.63, 3.8) is 0 Å². The standard InChI is InChI=1S/C16H25N3O2/c1-11(2)9-13(15(17)20)19-16(21)14(18-3)10-12-7-5-4-6-8-12/h4-8,11,13-14,18H,9-10H2,1-3H3,(H2,17,20)(H,19,21)/t13-,14-/m0/s1. The molecule has 1 aromatic rings. The third kappa shape index (κ3) is 5.95. The smallest absolute Gasteiger partial charge is 0.240 e. The lowest BCUT2D eigenvalue weighted by molar-refractivity contribution is -0.128. The number of amides is 2. The molecule has 21 heavy (non-hydrogen) atoms. The first-order valence-electron chi connectivity index (χ1n) is 7.25. The Kier molecular flexibility index (Phi) is 6.88. The average molecular weight is 291 g/mol. The second kappa shape index (κ2) is 8.42. The van der Waals surface area contributed by atoms with Crippen LogP contribution in [0, 0.1) is 5.92 Å². The van der Waals surface area contributed by atoms with Gasteiger partial charge in [-0.25, -0.2) is 0 Å². The number of carbonyl (C=O) groups excluding carboxylic acids is 2. The lowest BCUT2D eigenvalue weighted by atomic mass is 10.0. The molecule has 0 aliphatic carbocycles. The average Bonchev–Trinajstić information content (AvgIpc) is 2.44. The van der Waals surface area contributed by atoms with Crippen LogP contribution in [-0.4, -0.2) is 30.9 Å². The van der Waals surface area contributed by atoms with Crippen molar-refractivity contribution in [3.05, 3.63) is 35.9 Å². The Bertz CT molecular complexity index is 460. The highest BCUT2D eigenvalue weighted by molar-refractivity contribution is 5.89. The fourth-order valence-electron chi connectivity index (χ4n) is 2.17. The Morgan fingerprint density at radius 3 is 2.24 bits per heavy atom. The van der Waals surface area contributed by atoms with Crippen molar-refractivity contribution < 1.29 is 9.59 Å². The Morgan fingerprint density at radius 1 is 1.14 bits per heavy atom. The first-order valence-corrected chi connectivity index (χ1v) is 7.25. The van der Waals surface area contributed by atoms with Gasteiger partial charge in [-0.1, -0.05) is 44.2 Å². The van der Waals surface area contributed by atoms with Gasteiger partial charge in [-0.15, -0.1) is 0 Å². The normalized spacial score (nSPS) is 13.7. The molecule has 4 N–H and O–H groups in total. The summed E-state index contributed by atoms with van der Waals surface area (Å²) >= 11 is 0. The summed E-state index contributed by atoms with van der Waals surface area (Å²) in [5, 5.41) is 5.73. The first kappa shape index (κ1) is 17.2. The predicted molar refractivity (Wildman–Crippen MR) is 83.6 cm³/mol. The molecule has 0 aromatic heterocycles. The number of nitrogens with two attached hydrogens (primary N) is 1. The topological polar surface area (TPSA) is 84.2 Å². The van der Waals surface area contributed by atoms with Gasteiger partial charge in [0.2, 0.25) is 11.8 Å². The van der Waals surface area contributed by atoms with E-state index in [9.17, 15) is 9.59 Å². The summed E-state index contributed by atoms with van der Waals surface area (Å²) in [4.78, 5) is 23.7. The Hall–Kier alpha value is -1.88. The van der Waals surface area contributed by atoms with E-state index in [1.807, 2.05) is 44.2 Å². The molecule has 0 bridgehead atoms. The lowest BCUT2D eigenvalue weighted by Crippen LogP contribution is -2.52. The van der Waals surface area contributed by atoms with Crippen molar-refractivity contribution in [2.45, 2.75) is 38.8 Å². The van der Waals surface area contributed by atoms with E-state index in [4.69, 9.17) is 5.73 Å². The van der Waals surface area contributed by atoms with Gasteiger partial charge in [0, 0.05) is 0 Å². The van der Waals surface area contributed by atoms with Crippen LogP contribution in [0.2, 0.25) is 0 Å². The molecule has 0 unspecified atom stereocenters. The monoisotopic (exact) mass is 291 g/mol. The second-order valence-electron chi connectivity index (χ2n) is 5.62. The van der Waals surface area contributed by atoms with Crippen LogP contribution in [0.3, 0.4) is 0 Å². The minimum Gasteiger partial charge on any atom is -0.368 e. The van der Waals surface area contributed by atoms with E-state index in [0.717, 1.165) is 5.56 Å². The molecule has 0 spiro atoms. The molecule has 0 aliphatic heterocycles. The van der Waals surface area contributed by atoms with E-state index < -0.39 is 11.9 Å². The molecule has 0 fully saturated rings. The van der Waals surface area contributed by atoms with Crippen LogP contribution in [0.15, 0.2) is 30.3 Å². The highest BCUT2D eigenvalue weighted by atomic mass is 16.2. The van der Waals surface area contributed by atoms with E-state index in [1.54, 1.807) is 7.05 Å². The molecule has 5 nitrogen and oxygen atoms in total. The van der Waals surface area contributed by atoms with Gasteiger partial charge < -0.3 is 16.4 Å². The number of likely N-dealkylation sites (N-methyl/N-ethyl adjacent to an activating group) is 1. The summed E-state index contributed by atoms with van der Waals surface area (Å²) in [6, 6.07) is 8.74.